The number of aryl methyl sites for hydroxylation is 1. The van der Waals surface area contributed by atoms with Gasteiger partial charge >= 0.3 is 0 Å². The summed E-state index contributed by atoms with van der Waals surface area (Å²) in [6.07, 6.45) is 1.13. The topological polar surface area (TPSA) is 38.0 Å². The van der Waals surface area contributed by atoms with Crippen LogP contribution in [0.3, 0.4) is 0 Å². The molecule has 0 bridgehead atoms. The highest BCUT2D eigenvalue weighted by molar-refractivity contribution is 5.53. The van der Waals surface area contributed by atoms with Gasteiger partial charge in [-0.25, -0.2) is 0 Å². The summed E-state index contributed by atoms with van der Waals surface area (Å²) in [7, 11) is 0. The van der Waals surface area contributed by atoms with Gasteiger partial charge in [0.15, 0.2) is 0 Å². The van der Waals surface area contributed by atoms with Gasteiger partial charge in [-0.1, -0.05) is 25.5 Å². The molecule has 0 spiro atoms. The SMILES string of the molecule is CCC(CN)CNc1cccc(C)c1C. The van der Waals surface area contributed by atoms with E-state index in [9.17, 15) is 0 Å². The van der Waals surface area contributed by atoms with Crippen LogP contribution in [-0.2, 0) is 0 Å². The van der Waals surface area contributed by atoms with Crippen molar-refractivity contribution in [3.05, 3.63) is 29.3 Å². The molecule has 0 fully saturated rings. The van der Waals surface area contributed by atoms with Crippen LogP contribution in [0.15, 0.2) is 18.2 Å². The number of benzene rings is 1. The minimum Gasteiger partial charge on any atom is -0.384 e. The van der Waals surface area contributed by atoms with Crippen molar-refractivity contribution in [2.75, 3.05) is 18.4 Å². The first kappa shape index (κ1) is 12.1. The first-order chi connectivity index (χ1) is 7.19. The molecular weight excluding hydrogens is 184 g/mol. The molecular formula is C13H22N2. The van der Waals surface area contributed by atoms with E-state index in [0.29, 0.717) is 5.92 Å². The zero-order valence-electron chi connectivity index (χ0n) is 10.0. The summed E-state index contributed by atoms with van der Waals surface area (Å²) >= 11 is 0. The average molecular weight is 206 g/mol. The fraction of sp³-hybridized carbons (Fsp3) is 0.538. The molecule has 1 aromatic carbocycles. The Hall–Kier alpha value is -1.02. The fourth-order valence-corrected chi connectivity index (χ4v) is 1.59. The Morgan fingerprint density at radius 2 is 2.07 bits per heavy atom. The standard InChI is InChI=1S/C13H22N2/c1-4-12(8-14)9-15-13-7-5-6-10(2)11(13)3/h5-7,12,15H,4,8-9,14H2,1-3H3. The molecule has 0 radical (unpaired) electrons. The molecule has 3 N–H and O–H groups in total. The van der Waals surface area contributed by atoms with E-state index in [1.807, 2.05) is 0 Å². The van der Waals surface area contributed by atoms with E-state index in [2.05, 4.69) is 44.3 Å². The molecule has 1 unspecified atom stereocenters. The summed E-state index contributed by atoms with van der Waals surface area (Å²) in [5.41, 5.74) is 9.58. The van der Waals surface area contributed by atoms with Gasteiger partial charge in [-0.3, -0.25) is 0 Å². The number of rotatable bonds is 5. The lowest BCUT2D eigenvalue weighted by molar-refractivity contribution is 0.548. The van der Waals surface area contributed by atoms with Crippen LogP contribution in [0.1, 0.15) is 24.5 Å². The molecule has 0 saturated heterocycles. The van der Waals surface area contributed by atoms with Crippen LogP contribution < -0.4 is 11.1 Å². The summed E-state index contributed by atoms with van der Waals surface area (Å²) < 4.78 is 0. The van der Waals surface area contributed by atoms with Crippen molar-refractivity contribution in [2.24, 2.45) is 11.7 Å². The third kappa shape index (κ3) is 3.24. The molecule has 84 valence electrons. The second-order valence-electron chi connectivity index (χ2n) is 4.14. The smallest absolute Gasteiger partial charge is 0.0372 e. The molecule has 1 atom stereocenters. The van der Waals surface area contributed by atoms with E-state index < -0.39 is 0 Å². The lowest BCUT2D eigenvalue weighted by atomic mass is 10.1. The van der Waals surface area contributed by atoms with Crippen molar-refractivity contribution < 1.29 is 0 Å². The normalized spacial score (nSPS) is 12.5. The predicted molar refractivity (Wildman–Crippen MR) is 67.2 cm³/mol. The third-order valence-electron chi connectivity index (χ3n) is 3.10. The molecule has 2 heteroatoms. The van der Waals surface area contributed by atoms with Crippen molar-refractivity contribution in [2.45, 2.75) is 27.2 Å². The van der Waals surface area contributed by atoms with Crippen LogP contribution in [0.4, 0.5) is 5.69 Å². The first-order valence-electron chi connectivity index (χ1n) is 5.69. The molecule has 1 aromatic rings. The molecule has 2 nitrogen and oxygen atoms in total. The van der Waals surface area contributed by atoms with E-state index in [0.717, 1.165) is 19.5 Å². The molecule has 1 rings (SSSR count). The lowest BCUT2D eigenvalue weighted by Crippen LogP contribution is -2.22. The Morgan fingerprint density at radius 3 is 2.67 bits per heavy atom. The zero-order chi connectivity index (χ0) is 11.3. The lowest BCUT2D eigenvalue weighted by Gasteiger charge is -2.16. The van der Waals surface area contributed by atoms with Crippen molar-refractivity contribution in [3.63, 3.8) is 0 Å². The summed E-state index contributed by atoms with van der Waals surface area (Å²) in [5.74, 6) is 0.574. The van der Waals surface area contributed by atoms with Crippen LogP contribution in [0.2, 0.25) is 0 Å². The Kier molecular flexibility index (Phi) is 4.63. The Bertz CT molecular complexity index is 303. The molecule has 0 aliphatic rings. The van der Waals surface area contributed by atoms with Gasteiger partial charge in [-0.05, 0) is 43.5 Å². The minimum atomic E-state index is 0.574. The number of hydrogen-bond acceptors (Lipinski definition) is 2. The van der Waals surface area contributed by atoms with Crippen LogP contribution >= 0.6 is 0 Å². The van der Waals surface area contributed by atoms with Crippen LogP contribution in [-0.4, -0.2) is 13.1 Å². The van der Waals surface area contributed by atoms with Crippen LogP contribution in [0, 0.1) is 19.8 Å². The average Bonchev–Trinajstić information content (AvgIpc) is 2.25. The van der Waals surface area contributed by atoms with Gasteiger partial charge in [0, 0.05) is 12.2 Å². The van der Waals surface area contributed by atoms with Gasteiger partial charge in [0.25, 0.3) is 0 Å². The van der Waals surface area contributed by atoms with Gasteiger partial charge in [0.05, 0.1) is 0 Å². The second-order valence-corrected chi connectivity index (χ2v) is 4.14. The molecule has 0 amide bonds. The second kappa shape index (κ2) is 5.76. The highest BCUT2D eigenvalue weighted by Gasteiger charge is 2.05. The van der Waals surface area contributed by atoms with E-state index >= 15 is 0 Å². The van der Waals surface area contributed by atoms with Crippen molar-refractivity contribution >= 4 is 5.69 Å². The van der Waals surface area contributed by atoms with E-state index in [1.165, 1.54) is 16.8 Å². The molecule has 0 aromatic heterocycles. The Morgan fingerprint density at radius 1 is 1.33 bits per heavy atom. The van der Waals surface area contributed by atoms with Crippen LogP contribution in [0.25, 0.3) is 0 Å². The largest absolute Gasteiger partial charge is 0.384 e. The maximum absolute atomic E-state index is 5.68. The maximum atomic E-state index is 5.68. The van der Waals surface area contributed by atoms with Crippen LogP contribution in [0.5, 0.6) is 0 Å². The van der Waals surface area contributed by atoms with Gasteiger partial charge in [-0.2, -0.15) is 0 Å². The zero-order valence-corrected chi connectivity index (χ0v) is 10.0. The van der Waals surface area contributed by atoms with Crippen molar-refractivity contribution in [3.8, 4) is 0 Å². The summed E-state index contributed by atoms with van der Waals surface area (Å²) in [4.78, 5) is 0. The van der Waals surface area contributed by atoms with E-state index in [4.69, 9.17) is 5.73 Å². The quantitative estimate of drug-likeness (QED) is 0.777. The number of nitrogens with two attached hydrogens (primary N) is 1. The monoisotopic (exact) mass is 206 g/mol. The highest BCUT2D eigenvalue weighted by atomic mass is 14.9. The van der Waals surface area contributed by atoms with E-state index in [-0.39, 0.29) is 0 Å². The van der Waals surface area contributed by atoms with Crippen molar-refractivity contribution in [1.29, 1.82) is 0 Å². The first-order valence-corrected chi connectivity index (χ1v) is 5.69. The summed E-state index contributed by atoms with van der Waals surface area (Å²) in [6, 6.07) is 6.36. The number of nitrogens with one attached hydrogen (secondary N) is 1. The Balaban J connectivity index is 2.61. The highest BCUT2D eigenvalue weighted by Crippen LogP contribution is 2.18. The Labute approximate surface area is 92.9 Å². The van der Waals surface area contributed by atoms with E-state index in [1.54, 1.807) is 0 Å². The van der Waals surface area contributed by atoms with Gasteiger partial charge < -0.3 is 11.1 Å². The molecule has 0 aliphatic carbocycles. The third-order valence-corrected chi connectivity index (χ3v) is 3.10. The molecule has 0 saturated carbocycles. The van der Waals surface area contributed by atoms with Crippen molar-refractivity contribution in [1.82, 2.24) is 0 Å². The fourth-order valence-electron chi connectivity index (χ4n) is 1.59. The van der Waals surface area contributed by atoms with Gasteiger partial charge in [-0.15, -0.1) is 0 Å². The summed E-state index contributed by atoms with van der Waals surface area (Å²) in [5, 5.41) is 3.48. The summed E-state index contributed by atoms with van der Waals surface area (Å²) in [6.45, 7) is 8.20. The number of anilines is 1. The number of hydrogen-bond donors (Lipinski definition) is 2. The minimum absolute atomic E-state index is 0.574. The predicted octanol–water partition coefficient (Wildman–Crippen LogP) is 2.70. The van der Waals surface area contributed by atoms with Gasteiger partial charge in [0.1, 0.15) is 0 Å². The molecule has 15 heavy (non-hydrogen) atoms. The molecule has 0 aliphatic heterocycles. The maximum Gasteiger partial charge on any atom is 0.0372 e. The molecule has 0 heterocycles. The van der Waals surface area contributed by atoms with Gasteiger partial charge in [0.2, 0.25) is 0 Å².